The highest BCUT2D eigenvalue weighted by Crippen LogP contribution is 2.32. The molecular weight excluding hydrogens is 432 g/mol. The number of para-hydroxylation sites is 1. The van der Waals surface area contributed by atoms with E-state index in [-0.39, 0.29) is 30.4 Å². The summed E-state index contributed by atoms with van der Waals surface area (Å²) in [5.41, 5.74) is 9.56. The molecule has 180 valence electrons. The number of rotatable bonds is 5. The molecule has 2 aromatic rings. The Balaban J connectivity index is 1.08. The molecule has 9 heteroatoms. The molecular formula is C25H32N6O3. The molecule has 3 saturated heterocycles. The van der Waals surface area contributed by atoms with Crippen LogP contribution in [0, 0.1) is 5.92 Å². The van der Waals surface area contributed by atoms with E-state index in [0.717, 1.165) is 49.7 Å². The zero-order valence-corrected chi connectivity index (χ0v) is 19.1. The average Bonchev–Trinajstić information content (AvgIpc) is 3.42. The summed E-state index contributed by atoms with van der Waals surface area (Å²) in [6.07, 6.45) is 1.79. The van der Waals surface area contributed by atoms with Crippen LogP contribution >= 0.6 is 0 Å². The number of hydrogen-bond donors (Lipinski definition) is 5. The molecule has 4 aliphatic heterocycles. The summed E-state index contributed by atoms with van der Waals surface area (Å²) in [6.45, 7) is 4.76. The van der Waals surface area contributed by atoms with Crippen molar-refractivity contribution < 1.29 is 14.3 Å². The summed E-state index contributed by atoms with van der Waals surface area (Å²) in [5.74, 6) is 1.21. The van der Waals surface area contributed by atoms with Gasteiger partial charge < -0.3 is 25.4 Å². The van der Waals surface area contributed by atoms with Crippen molar-refractivity contribution in [3.05, 3.63) is 59.7 Å². The molecule has 0 saturated carbocycles. The molecule has 9 nitrogen and oxygen atoms in total. The van der Waals surface area contributed by atoms with Gasteiger partial charge in [-0.25, -0.2) is 10.9 Å². The number of nitrogens with one attached hydrogen (secondary N) is 5. The van der Waals surface area contributed by atoms with Crippen LogP contribution in [0.4, 0.5) is 5.69 Å². The number of piperidine rings is 1. The Labute approximate surface area is 199 Å². The second-order valence-electron chi connectivity index (χ2n) is 9.39. The summed E-state index contributed by atoms with van der Waals surface area (Å²) in [4.78, 5) is 15.4. The first-order valence-electron chi connectivity index (χ1n) is 12.2. The van der Waals surface area contributed by atoms with Gasteiger partial charge in [-0.3, -0.25) is 9.69 Å². The predicted molar refractivity (Wildman–Crippen MR) is 128 cm³/mol. The maximum absolute atomic E-state index is 12.9. The minimum Gasteiger partial charge on any atom is -0.491 e. The lowest BCUT2D eigenvalue weighted by Crippen LogP contribution is -2.52. The van der Waals surface area contributed by atoms with Gasteiger partial charge >= 0.3 is 0 Å². The SMILES string of the molecule is O=C(N[C@H]1COc2ccccc21)c1cccc(NCC2NNC3C4CCNCC4OCCN23)c1. The molecule has 2 aromatic carbocycles. The minimum absolute atomic E-state index is 0.101. The fraction of sp³-hybridized carbons (Fsp3) is 0.480. The van der Waals surface area contributed by atoms with E-state index in [1.165, 1.54) is 0 Å². The highest BCUT2D eigenvalue weighted by atomic mass is 16.5. The summed E-state index contributed by atoms with van der Waals surface area (Å²) in [7, 11) is 0. The zero-order chi connectivity index (χ0) is 22.9. The van der Waals surface area contributed by atoms with Gasteiger partial charge in [0.2, 0.25) is 0 Å². The molecule has 0 aliphatic carbocycles. The lowest BCUT2D eigenvalue weighted by atomic mass is 9.91. The van der Waals surface area contributed by atoms with E-state index >= 15 is 0 Å². The third-order valence-electron chi connectivity index (χ3n) is 7.35. The van der Waals surface area contributed by atoms with Crippen LogP contribution in [0.3, 0.4) is 0 Å². The standard InChI is InChI=1S/C25H32N6O3/c32-25(28-20-15-34-21-7-2-1-6-18(20)21)16-4-3-5-17(12-16)27-14-23-29-30-24-19-8-9-26-13-22(19)33-11-10-31(23)24/h1-7,12,19-20,22-24,26-27,29-30H,8-11,13-15H2,(H,28,32)/t19?,20-,22?,23?,24?/m0/s1. The molecule has 5 N–H and O–H groups in total. The molecule has 5 atom stereocenters. The Kier molecular flexibility index (Phi) is 6.11. The largest absolute Gasteiger partial charge is 0.491 e. The van der Waals surface area contributed by atoms with E-state index in [0.29, 0.717) is 24.6 Å². The van der Waals surface area contributed by atoms with Crippen molar-refractivity contribution in [1.29, 1.82) is 0 Å². The van der Waals surface area contributed by atoms with Gasteiger partial charge in [0, 0.05) is 42.4 Å². The topological polar surface area (TPSA) is 98.9 Å². The van der Waals surface area contributed by atoms with Crippen LogP contribution in [0.25, 0.3) is 0 Å². The number of hydrazine groups is 1. The quantitative estimate of drug-likeness (QED) is 0.448. The molecule has 3 fully saturated rings. The van der Waals surface area contributed by atoms with E-state index in [4.69, 9.17) is 9.47 Å². The molecule has 1 amide bonds. The Morgan fingerprint density at radius 2 is 2.09 bits per heavy atom. The molecule has 4 heterocycles. The fourth-order valence-corrected chi connectivity index (χ4v) is 5.57. The van der Waals surface area contributed by atoms with Crippen LogP contribution < -0.4 is 31.5 Å². The first-order chi connectivity index (χ1) is 16.8. The third kappa shape index (κ3) is 4.25. The smallest absolute Gasteiger partial charge is 0.251 e. The Bertz CT molecular complexity index is 1040. The number of hydrogen-bond acceptors (Lipinski definition) is 8. The number of benzene rings is 2. The highest BCUT2D eigenvalue weighted by Gasteiger charge is 2.43. The van der Waals surface area contributed by atoms with Crippen LogP contribution in [0.2, 0.25) is 0 Å². The van der Waals surface area contributed by atoms with Gasteiger partial charge in [0.1, 0.15) is 12.4 Å². The van der Waals surface area contributed by atoms with Crippen LogP contribution in [0.15, 0.2) is 48.5 Å². The molecule has 6 rings (SSSR count). The van der Waals surface area contributed by atoms with E-state index in [1.54, 1.807) is 0 Å². The predicted octanol–water partition coefficient (Wildman–Crippen LogP) is 1.03. The van der Waals surface area contributed by atoms with Crippen molar-refractivity contribution >= 4 is 11.6 Å². The van der Waals surface area contributed by atoms with Gasteiger partial charge in [0.15, 0.2) is 0 Å². The van der Waals surface area contributed by atoms with Gasteiger partial charge in [-0.2, -0.15) is 0 Å². The number of ether oxygens (including phenoxy) is 2. The molecule has 0 radical (unpaired) electrons. The van der Waals surface area contributed by atoms with Crippen molar-refractivity contribution in [1.82, 2.24) is 26.4 Å². The highest BCUT2D eigenvalue weighted by molar-refractivity contribution is 5.95. The Morgan fingerprint density at radius 1 is 1.15 bits per heavy atom. The van der Waals surface area contributed by atoms with Crippen molar-refractivity contribution in [2.45, 2.75) is 30.9 Å². The number of amides is 1. The van der Waals surface area contributed by atoms with Gasteiger partial charge in [0.05, 0.1) is 31.1 Å². The van der Waals surface area contributed by atoms with Crippen LogP contribution in [0.1, 0.15) is 28.4 Å². The van der Waals surface area contributed by atoms with Gasteiger partial charge in [-0.05, 0) is 37.2 Å². The van der Waals surface area contributed by atoms with Gasteiger partial charge in [0.25, 0.3) is 5.91 Å². The second-order valence-corrected chi connectivity index (χ2v) is 9.39. The Morgan fingerprint density at radius 3 is 3.06 bits per heavy atom. The minimum atomic E-state index is -0.130. The normalized spacial score (nSPS) is 30.4. The van der Waals surface area contributed by atoms with Gasteiger partial charge in [-0.15, -0.1) is 0 Å². The third-order valence-corrected chi connectivity index (χ3v) is 7.35. The molecule has 4 unspecified atom stereocenters. The zero-order valence-electron chi connectivity index (χ0n) is 19.1. The number of carbonyl (C=O) groups excluding carboxylic acids is 1. The summed E-state index contributed by atoms with van der Waals surface area (Å²) in [6, 6.07) is 15.4. The van der Waals surface area contributed by atoms with Crippen molar-refractivity contribution in [3.8, 4) is 5.75 Å². The maximum atomic E-state index is 12.9. The van der Waals surface area contributed by atoms with Crippen LogP contribution in [0.5, 0.6) is 5.75 Å². The van der Waals surface area contributed by atoms with Crippen molar-refractivity contribution in [3.63, 3.8) is 0 Å². The van der Waals surface area contributed by atoms with E-state index < -0.39 is 0 Å². The second kappa shape index (κ2) is 9.52. The molecule has 0 bridgehead atoms. The average molecular weight is 465 g/mol. The lowest BCUT2D eigenvalue weighted by molar-refractivity contribution is 0.00522. The first-order valence-corrected chi connectivity index (χ1v) is 12.2. The van der Waals surface area contributed by atoms with E-state index in [9.17, 15) is 4.79 Å². The van der Waals surface area contributed by atoms with E-state index in [2.05, 4.69) is 31.7 Å². The number of nitrogens with zero attached hydrogens (tertiary/aromatic N) is 1. The summed E-state index contributed by atoms with van der Waals surface area (Å²) >= 11 is 0. The monoisotopic (exact) mass is 464 g/mol. The first kappa shape index (κ1) is 21.8. The summed E-state index contributed by atoms with van der Waals surface area (Å²) in [5, 5.41) is 10.1. The number of carbonyl (C=O) groups is 1. The fourth-order valence-electron chi connectivity index (χ4n) is 5.57. The van der Waals surface area contributed by atoms with E-state index in [1.807, 2.05) is 48.5 Å². The Hall–Kier alpha value is -2.69. The van der Waals surface area contributed by atoms with Crippen LogP contribution in [-0.2, 0) is 4.74 Å². The summed E-state index contributed by atoms with van der Waals surface area (Å²) < 4.78 is 11.8. The maximum Gasteiger partial charge on any atom is 0.251 e. The number of fused-ring (bicyclic) bond motifs is 4. The lowest BCUT2D eigenvalue weighted by Gasteiger charge is -2.36. The molecule has 0 aromatic heterocycles. The van der Waals surface area contributed by atoms with Crippen molar-refractivity contribution in [2.24, 2.45) is 5.92 Å². The molecule has 0 spiro atoms. The van der Waals surface area contributed by atoms with Gasteiger partial charge in [-0.1, -0.05) is 24.3 Å². The molecule has 34 heavy (non-hydrogen) atoms. The van der Waals surface area contributed by atoms with Crippen LogP contribution in [-0.4, -0.2) is 68.6 Å². The number of anilines is 1. The molecule has 4 aliphatic rings. The van der Waals surface area contributed by atoms with Crippen molar-refractivity contribution in [2.75, 3.05) is 44.7 Å².